The summed E-state index contributed by atoms with van der Waals surface area (Å²) >= 11 is 3.42. The van der Waals surface area contributed by atoms with E-state index in [-0.39, 0.29) is 17.7 Å². The molecule has 0 aliphatic heterocycles. The highest BCUT2D eigenvalue weighted by Gasteiger charge is 2.15. The molecule has 2 nitrogen and oxygen atoms in total. The van der Waals surface area contributed by atoms with Crippen molar-refractivity contribution in [3.63, 3.8) is 0 Å². The topological polar surface area (TPSA) is 24.9 Å². The Morgan fingerprint density at radius 1 is 1.20 bits per heavy atom. The van der Waals surface area contributed by atoms with Crippen molar-refractivity contribution in [2.24, 2.45) is 0 Å². The van der Waals surface area contributed by atoms with Crippen LogP contribution < -0.4 is 5.32 Å². The summed E-state index contributed by atoms with van der Waals surface area (Å²) < 4.78 is 27.1. The Hall–Kier alpha value is -1.33. The van der Waals surface area contributed by atoms with Crippen LogP contribution in [0, 0.1) is 11.6 Å². The van der Waals surface area contributed by atoms with E-state index >= 15 is 0 Å². The van der Waals surface area contributed by atoms with Gasteiger partial charge in [0.15, 0.2) is 0 Å². The van der Waals surface area contributed by atoms with E-state index in [4.69, 9.17) is 0 Å². The molecule has 0 amide bonds. The molecule has 2 aromatic rings. The van der Waals surface area contributed by atoms with E-state index in [0.29, 0.717) is 6.42 Å². The molecule has 1 atom stereocenters. The Morgan fingerprint density at radius 3 is 2.60 bits per heavy atom. The van der Waals surface area contributed by atoms with Gasteiger partial charge in [-0.25, -0.2) is 8.78 Å². The predicted octanol–water partition coefficient (Wildman–Crippen LogP) is 4.02. The zero-order valence-electron chi connectivity index (χ0n) is 11.0. The smallest absolute Gasteiger partial charge is 0.141 e. The van der Waals surface area contributed by atoms with Gasteiger partial charge in [-0.1, -0.05) is 22.9 Å². The summed E-state index contributed by atoms with van der Waals surface area (Å²) in [5.41, 5.74) is 1.59. The van der Waals surface area contributed by atoms with Crippen LogP contribution in [-0.2, 0) is 6.42 Å². The van der Waals surface area contributed by atoms with Crippen LogP contribution >= 0.6 is 15.9 Å². The second-order valence-electron chi connectivity index (χ2n) is 4.45. The lowest BCUT2D eigenvalue weighted by Crippen LogP contribution is -2.24. The molecule has 20 heavy (non-hydrogen) atoms. The van der Waals surface area contributed by atoms with Gasteiger partial charge in [-0.3, -0.25) is 4.98 Å². The molecule has 0 aliphatic carbocycles. The first-order chi connectivity index (χ1) is 9.60. The average molecular weight is 341 g/mol. The molecule has 0 saturated carbocycles. The Labute approximate surface area is 125 Å². The lowest BCUT2D eigenvalue weighted by molar-refractivity contribution is 0.528. The fraction of sp³-hybridized carbons (Fsp3) is 0.267. The third-order valence-electron chi connectivity index (χ3n) is 2.99. The number of hydrogen-bond acceptors (Lipinski definition) is 2. The lowest BCUT2D eigenvalue weighted by atomic mass is 10.0. The molecular weight excluding hydrogens is 326 g/mol. The number of likely N-dealkylation sites (N-methyl/N-ethyl adjacent to an activating group) is 1. The third kappa shape index (κ3) is 3.84. The van der Waals surface area contributed by atoms with Gasteiger partial charge in [-0.05, 0) is 48.9 Å². The Bertz CT molecular complexity index is 573. The SMILES string of the molecule is CCNC(Cc1cc(F)ccc1Br)c1ccc(F)cn1. The monoisotopic (exact) mass is 340 g/mol. The Morgan fingerprint density at radius 2 is 1.95 bits per heavy atom. The summed E-state index contributed by atoms with van der Waals surface area (Å²) in [5.74, 6) is -0.638. The van der Waals surface area contributed by atoms with Gasteiger partial charge in [0.25, 0.3) is 0 Å². The van der Waals surface area contributed by atoms with Gasteiger partial charge in [-0.15, -0.1) is 0 Å². The number of benzene rings is 1. The minimum atomic E-state index is -0.365. The summed E-state index contributed by atoms with van der Waals surface area (Å²) in [6.07, 6.45) is 1.77. The normalized spacial score (nSPS) is 12.4. The van der Waals surface area contributed by atoms with Crippen molar-refractivity contribution in [1.29, 1.82) is 0 Å². The first-order valence-electron chi connectivity index (χ1n) is 6.39. The van der Waals surface area contributed by atoms with Crippen LogP contribution in [0.25, 0.3) is 0 Å². The minimum Gasteiger partial charge on any atom is -0.309 e. The van der Waals surface area contributed by atoms with Crippen LogP contribution in [0.15, 0.2) is 41.0 Å². The molecule has 0 spiro atoms. The first-order valence-corrected chi connectivity index (χ1v) is 7.18. The molecule has 0 fully saturated rings. The molecule has 0 radical (unpaired) electrons. The number of nitrogens with zero attached hydrogens (tertiary/aromatic N) is 1. The summed E-state index contributed by atoms with van der Waals surface area (Å²) in [7, 11) is 0. The molecule has 5 heteroatoms. The van der Waals surface area contributed by atoms with Crippen molar-refractivity contribution in [3.05, 3.63) is 63.9 Å². The number of nitrogens with one attached hydrogen (secondary N) is 1. The van der Waals surface area contributed by atoms with Crippen LogP contribution in [0.5, 0.6) is 0 Å². The average Bonchev–Trinajstić information content (AvgIpc) is 2.43. The van der Waals surface area contributed by atoms with Crippen molar-refractivity contribution in [3.8, 4) is 0 Å². The van der Waals surface area contributed by atoms with Crippen molar-refractivity contribution >= 4 is 15.9 Å². The molecule has 0 saturated heterocycles. The van der Waals surface area contributed by atoms with E-state index in [1.165, 1.54) is 24.4 Å². The highest BCUT2D eigenvalue weighted by molar-refractivity contribution is 9.10. The van der Waals surface area contributed by atoms with Gasteiger partial charge in [0, 0.05) is 4.47 Å². The largest absolute Gasteiger partial charge is 0.309 e. The molecule has 106 valence electrons. The molecule has 1 unspecified atom stereocenters. The van der Waals surface area contributed by atoms with E-state index in [0.717, 1.165) is 22.3 Å². The second kappa shape index (κ2) is 6.90. The Kier molecular flexibility index (Phi) is 5.20. The predicted molar refractivity (Wildman–Crippen MR) is 78.4 cm³/mol. The van der Waals surface area contributed by atoms with E-state index in [9.17, 15) is 8.78 Å². The zero-order chi connectivity index (χ0) is 14.5. The van der Waals surface area contributed by atoms with Crippen molar-refractivity contribution in [2.45, 2.75) is 19.4 Å². The van der Waals surface area contributed by atoms with E-state index in [2.05, 4.69) is 26.2 Å². The number of rotatable bonds is 5. The van der Waals surface area contributed by atoms with E-state index in [1.54, 1.807) is 12.1 Å². The number of halogens is 3. The van der Waals surface area contributed by atoms with Crippen LogP contribution in [-0.4, -0.2) is 11.5 Å². The van der Waals surface area contributed by atoms with Gasteiger partial charge in [0.2, 0.25) is 0 Å². The molecule has 1 N–H and O–H groups in total. The summed E-state index contributed by atoms with van der Waals surface area (Å²) in [4.78, 5) is 4.10. The van der Waals surface area contributed by atoms with E-state index < -0.39 is 0 Å². The fourth-order valence-corrected chi connectivity index (χ4v) is 2.45. The van der Waals surface area contributed by atoms with Crippen LogP contribution in [0.3, 0.4) is 0 Å². The first kappa shape index (κ1) is 15.1. The highest BCUT2D eigenvalue weighted by atomic mass is 79.9. The van der Waals surface area contributed by atoms with Crippen LogP contribution in [0.1, 0.15) is 24.2 Å². The molecule has 2 rings (SSSR count). The second-order valence-corrected chi connectivity index (χ2v) is 5.31. The maximum atomic E-state index is 13.3. The van der Waals surface area contributed by atoms with Gasteiger partial charge in [-0.2, -0.15) is 0 Å². The fourth-order valence-electron chi connectivity index (χ4n) is 2.04. The summed E-state index contributed by atoms with van der Waals surface area (Å²) in [6.45, 7) is 2.73. The van der Waals surface area contributed by atoms with Crippen LogP contribution in [0.4, 0.5) is 8.78 Å². The minimum absolute atomic E-state index is 0.0845. The summed E-state index contributed by atoms with van der Waals surface area (Å²) in [6, 6.07) is 7.54. The van der Waals surface area contributed by atoms with Gasteiger partial charge < -0.3 is 5.32 Å². The molecule has 1 heterocycles. The van der Waals surface area contributed by atoms with E-state index in [1.807, 2.05) is 6.92 Å². The zero-order valence-corrected chi connectivity index (χ0v) is 12.6. The molecule has 0 bridgehead atoms. The standard InChI is InChI=1S/C15H15BrF2N2/c1-2-19-15(14-6-4-12(18)9-20-14)8-10-7-11(17)3-5-13(10)16/h3-7,9,15,19H,2,8H2,1H3. The highest BCUT2D eigenvalue weighted by Crippen LogP contribution is 2.24. The van der Waals surface area contributed by atoms with Crippen molar-refractivity contribution in [2.75, 3.05) is 6.54 Å². The lowest BCUT2D eigenvalue weighted by Gasteiger charge is -2.18. The molecular formula is C15H15BrF2N2. The van der Waals surface area contributed by atoms with Crippen molar-refractivity contribution in [1.82, 2.24) is 10.3 Å². The van der Waals surface area contributed by atoms with Gasteiger partial charge in [0.05, 0.1) is 17.9 Å². The number of hydrogen-bond donors (Lipinski definition) is 1. The summed E-state index contributed by atoms with van der Waals surface area (Å²) in [5, 5.41) is 3.29. The maximum absolute atomic E-state index is 13.3. The van der Waals surface area contributed by atoms with Crippen molar-refractivity contribution < 1.29 is 8.78 Å². The Balaban J connectivity index is 2.25. The molecule has 1 aromatic carbocycles. The molecule has 1 aromatic heterocycles. The van der Waals surface area contributed by atoms with Gasteiger partial charge in [0.1, 0.15) is 11.6 Å². The quantitative estimate of drug-likeness (QED) is 0.889. The number of aromatic nitrogens is 1. The third-order valence-corrected chi connectivity index (χ3v) is 3.76. The van der Waals surface area contributed by atoms with Gasteiger partial charge >= 0.3 is 0 Å². The number of pyridine rings is 1. The maximum Gasteiger partial charge on any atom is 0.141 e. The van der Waals surface area contributed by atoms with Crippen LogP contribution in [0.2, 0.25) is 0 Å². The molecule has 0 aliphatic rings.